The van der Waals surface area contributed by atoms with Crippen LogP contribution in [0.3, 0.4) is 0 Å². The zero-order chi connectivity index (χ0) is 24.0. The Hall–Kier alpha value is -2.52. The number of rotatable bonds is 7. The summed E-state index contributed by atoms with van der Waals surface area (Å²) < 4.78 is 26.2. The highest BCUT2D eigenvalue weighted by Crippen LogP contribution is 2.52. The molecule has 0 spiro atoms. The summed E-state index contributed by atoms with van der Waals surface area (Å²) in [6, 6.07) is 7.80. The summed E-state index contributed by atoms with van der Waals surface area (Å²) in [5.41, 5.74) is 1.42. The lowest BCUT2D eigenvalue weighted by atomic mass is 9.85. The molecule has 2 fully saturated rings. The topological polar surface area (TPSA) is 68.2 Å². The number of benzene rings is 2. The predicted molar refractivity (Wildman–Crippen MR) is 131 cm³/mol. The normalized spacial score (nSPS) is 25.0. The first-order valence-corrected chi connectivity index (χ1v) is 12.6. The monoisotopic (exact) mass is 590 g/mol. The molecule has 5 rings (SSSR count). The van der Waals surface area contributed by atoms with Crippen LogP contribution in [-0.2, 0) is 16.2 Å². The second-order valence-corrected chi connectivity index (χ2v) is 10.1. The van der Waals surface area contributed by atoms with Crippen LogP contribution in [0.4, 0.5) is 4.39 Å². The Morgan fingerprint density at radius 2 is 1.71 bits per heavy atom. The van der Waals surface area contributed by atoms with E-state index in [0.29, 0.717) is 32.6 Å². The number of amides is 2. The van der Waals surface area contributed by atoms with E-state index in [0.717, 1.165) is 17.0 Å². The summed E-state index contributed by atoms with van der Waals surface area (Å²) in [6.45, 7) is 2.48. The molecule has 1 heterocycles. The number of carbonyl (C=O) groups is 2. The zero-order valence-corrected chi connectivity index (χ0v) is 21.4. The van der Waals surface area contributed by atoms with Gasteiger partial charge in [0.05, 0.1) is 29.1 Å². The van der Waals surface area contributed by atoms with Gasteiger partial charge in [0.1, 0.15) is 12.4 Å². The van der Waals surface area contributed by atoms with Gasteiger partial charge in [0.2, 0.25) is 0 Å². The molecule has 176 valence electrons. The highest BCUT2D eigenvalue weighted by molar-refractivity contribution is 9.13. The average Bonchev–Trinajstić information content (AvgIpc) is 3.51. The van der Waals surface area contributed by atoms with Gasteiger partial charge in [-0.05, 0) is 80.8 Å². The van der Waals surface area contributed by atoms with E-state index in [4.69, 9.17) is 9.47 Å². The number of fused-ring (bicyclic) bond motifs is 5. The van der Waals surface area contributed by atoms with Gasteiger partial charge in [-0.25, -0.2) is 4.39 Å². The summed E-state index contributed by atoms with van der Waals surface area (Å²) in [6.07, 6.45) is 6.46. The van der Waals surface area contributed by atoms with Crippen molar-refractivity contribution in [1.82, 2.24) is 5.01 Å². The van der Waals surface area contributed by atoms with Crippen LogP contribution in [0.5, 0.6) is 11.5 Å². The van der Waals surface area contributed by atoms with Gasteiger partial charge in [-0.3, -0.25) is 9.59 Å². The van der Waals surface area contributed by atoms with E-state index in [-0.39, 0.29) is 47.9 Å². The molecule has 3 aliphatic rings. The number of halogens is 3. The van der Waals surface area contributed by atoms with Crippen molar-refractivity contribution in [1.29, 1.82) is 0 Å². The van der Waals surface area contributed by atoms with Crippen LogP contribution in [0.1, 0.15) is 24.5 Å². The van der Waals surface area contributed by atoms with Crippen LogP contribution in [0, 0.1) is 29.5 Å². The molecule has 0 unspecified atom stereocenters. The molecule has 1 saturated heterocycles. The fraction of sp³-hybridized carbons (Fsp3) is 0.320. The largest absolute Gasteiger partial charge is 0.490 e. The molecule has 2 amide bonds. The lowest BCUT2D eigenvalue weighted by molar-refractivity contribution is -0.140. The molecule has 0 aromatic heterocycles. The first-order valence-electron chi connectivity index (χ1n) is 11.0. The Labute approximate surface area is 213 Å². The number of hydrazone groups is 1. The molecule has 0 radical (unpaired) electrons. The number of carbonyl (C=O) groups excluding carboxylic acids is 2. The van der Waals surface area contributed by atoms with Crippen molar-refractivity contribution in [3.05, 3.63) is 68.4 Å². The van der Waals surface area contributed by atoms with Gasteiger partial charge < -0.3 is 9.47 Å². The summed E-state index contributed by atoms with van der Waals surface area (Å²) >= 11 is 7.10. The second kappa shape index (κ2) is 9.26. The van der Waals surface area contributed by atoms with Gasteiger partial charge >= 0.3 is 0 Å². The summed E-state index contributed by atoms with van der Waals surface area (Å²) in [4.78, 5) is 25.8. The molecule has 2 aromatic carbocycles. The molecule has 1 saturated carbocycles. The Bertz CT molecular complexity index is 1180. The molecule has 2 aromatic rings. The Morgan fingerprint density at radius 3 is 2.32 bits per heavy atom. The fourth-order valence-corrected chi connectivity index (χ4v) is 5.89. The van der Waals surface area contributed by atoms with Crippen molar-refractivity contribution in [2.24, 2.45) is 28.8 Å². The smallest absolute Gasteiger partial charge is 0.254 e. The number of nitrogens with zero attached hydrogens (tertiary/aromatic N) is 2. The van der Waals surface area contributed by atoms with Gasteiger partial charge in [0.25, 0.3) is 11.8 Å². The molecule has 2 aliphatic carbocycles. The molecule has 2 bridgehead atoms. The average molecular weight is 592 g/mol. The van der Waals surface area contributed by atoms with Gasteiger partial charge in [0, 0.05) is 10.0 Å². The number of hydrogen-bond donors (Lipinski definition) is 0. The fourth-order valence-electron chi connectivity index (χ4n) is 4.95. The van der Waals surface area contributed by atoms with Crippen molar-refractivity contribution in [3.8, 4) is 11.5 Å². The summed E-state index contributed by atoms with van der Waals surface area (Å²) in [5.74, 6) is -0.157. The van der Waals surface area contributed by atoms with Crippen LogP contribution in [0.25, 0.3) is 0 Å². The predicted octanol–water partition coefficient (Wildman–Crippen LogP) is 5.47. The maximum absolute atomic E-state index is 13.2. The van der Waals surface area contributed by atoms with Crippen molar-refractivity contribution < 1.29 is 23.5 Å². The van der Waals surface area contributed by atoms with E-state index in [9.17, 15) is 14.0 Å². The minimum Gasteiger partial charge on any atom is -0.490 e. The maximum Gasteiger partial charge on any atom is 0.254 e. The maximum atomic E-state index is 13.2. The molecular weight excluding hydrogens is 571 g/mol. The molecule has 1 aliphatic heterocycles. The SMILES string of the molecule is CCOc1cc(C=NN2C(=O)[C@@H]3[C@H](C2=O)[C@H]2C=C[C@H]3C2)c(Br)c(Br)c1OCc1ccc(F)cc1. The van der Waals surface area contributed by atoms with Crippen molar-refractivity contribution in [2.45, 2.75) is 20.0 Å². The molecular formula is C25H21Br2FN2O4. The van der Waals surface area contributed by atoms with Crippen LogP contribution in [-0.4, -0.2) is 29.6 Å². The molecule has 9 heteroatoms. The van der Waals surface area contributed by atoms with Crippen LogP contribution >= 0.6 is 31.9 Å². The van der Waals surface area contributed by atoms with E-state index in [1.807, 2.05) is 6.92 Å². The third kappa shape index (κ3) is 3.98. The highest BCUT2D eigenvalue weighted by Gasteiger charge is 2.59. The molecule has 0 N–H and O–H groups in total. The number of hydrogen-bond acceptors (Lipinski definition) is 5. The van der Waals surface area contributed by atoms with Gasteiger partial charge in [-0.1, -0.05) is 24.3 Å². The number of imide groups is 1. The number of allylic oxidation sites excluding steroid dienone is 2. The third-order valence-electron chi connectivity index (χ3n) is 6.51. The summed E-state index contributed by atoms with van der Waals surface area (Å²) in [7, 11) is 0. The van der Waals surface area contributed by atoms with Crippen LogP contribution < -0.4 is 9.47 Å². The van der Waals surface area contributed by atoms with Crippen molar-refractivity contribution >= 4 is 49.9 Å². The van der Waals surface area contributed by atoms with E-state index < -0.39 is 0 Å². The van der Waals surface area contributed by atoms with E-state index in [2.05, 4.69) is 49.1 Å². The highest BCUT2D eigenvalue weighted by atomic mass is 79.9. The molecule has 34 heavy (non-hydrogen) atoms. The minimum atomic E-state index is -0.311. The molecule has 6 nitrogen and oxygen atoms in total. The van der Waals surface area contributed by atoms with Crippen LogP contribution in [0.2, 0.25) is 0 Å². The Morgan fingerprint density at radius 1 is 1.06 bits per heavy atom. The van der Waals surface area contributed by atoms with Crippen molar-refractivity contribution in [2.75, 3.05) is 6.61 Å². The van der Waals surface area contributed by atoms with Gasteiger partial charge in [-0.2, -0.15) is 10.1 Å². The van der Waals surface area contributed by atoms with Gasteiger partial charge in [0.15, 0.2) is 11.5 Å². The lowest BCUT2D eigenvalue weighted by Gasteiger charge is -2.17. The van der Waals surface area contributed by atoms with Gasteiger partial charge in [-0.15, -0.1) is 0 Å². The van der Waals surface area contributed by atoms with Crippen LogP contribution in [0.15, 0.2) is 56.5 Å². The van der Waals surface area contributed by atoms with E-state index in [1.54, 1.807) is 18.2 Å². The van der Waals surface area contributed by atoms with Crippen molar-refractivity contribution in [3.63, 3.8) is 0 Å². The number of ether oxygens (including phenoxy) is 2. The Kier molecular flexibility index (Phi) is 6.33. The quantitative estimate of drug-likeness (QED) is 0.243. The third-order valence-corrected chi connectivity index (χ3v) is 8.65. The zero-order valence-electron chi connectivity index (χ0n) is 18.2. The first-order chi connectivity index (χ1) is 16.4. The first kappa shape index (κ1) is 23.2. The molecule has 4 atom stereocenters. The second-order valence-electron chi connectivity index (χ2n) is 8.50. The lowest BCUT2D eigenvalue weighted by Crippen LogP contribution is -2.28. The minimum absolute atomic E-state index is 0.134. The van der Waals surface area contributed by atoms with E-state index in [1.165, 1.54) is 18.3 Å². The standard InChI is InChI=1S/C25H21Br2FN2O4/c1-2-33-18-10-16(21(26)22(27)23(18)34-12-13-3-7-17(28)8-4-13)11-29-30-24(31)19-14-5-6-15(9-14)20(19)25(30)32/h3-8,10-11,14-15,19-20H,2,9,12H2,1H3/t14-,15-,19-,20+/m0/s1. The van der Waals surface area contributed by atoms with E-state index >= 15 is 0 Å². The summed E-state index contributed by atoms with van der Waals surface area (Å²) in [5, 5.41) is 5.28. The Balaban J connectivity index is 1.39.